The summed E-state index contributed by atoms with van der Waals surface area (Å²) >= 11 is 0. The smallest absolute Gasteiger partial charge is 0.161 e. The highest BCUT2D eigenvalue weighted by Gasteiger charge is 2.09. The average Bonchev–Trinajstić information content (AvgIpc) is 2.47. The molecular formula is C16H17O3. The van der Waals surface area contributed by atoms with E-state index in [1.54, 1.807) is 14.2 Å². The summed E-state index contributed by atoms with van der Waals surface area (Å²) in [6, 6.07) is 14.7. The number of rotatable bonds is 5. The molecule has 0 aliphatic rings. The van der Waals surface area contributed by atoms with Crippen LogP contribution in [0.25, 0.3) is 11.1 Å². The predicted molar refractivity (Wildman–Crippen MR) is 75.0 cm³/mol. The number of hydrogen-bond acceptors (Lipinski definition) is 3. The molecule has 0 atom stereocenters. The van der Waals surface area contributed by atoms with Crippen LogP contribution in [0.1, 0.15) is 6.92 Å². The Morgan fingerprint density at radius 2 is 1.84 bits per heavy atom. The Kier molecular flexibility index (Phi) is 4.29. The van der Waals surface area contributed by atoms with E-state index >= 15 is 0 Å². The van der Waals surface area contributed by atoms with E-state index in [0.29, 0.717) is 18.1 Å². The van der Waals surface area contributed by atoms with Gasteiger partial charge in [-0.1, -0.05) is 24.3 Å². The summed E-state index contributed by atoms with van der Waals surface area (Å²) in [5.41, 5.74) is 2.00. The monoisotopic (exact) mass is 257 g/mol. The third-order valence-corrected chi connectivity index (χ3v) is 2.80. The highest BCUT2D eigenvalue weighted by Crippen LogP contribution is 2.35. The minimum absolute atomic E-state index is 0.612. The quantitative estimate of drug-likeness (QED) is 0.819. The van der Waals surface area contributed by atoms with E-state index in [4.69, 9.17) is 14.2 Å². The lowest BCUT2D eigenvalue weighted by atomic mass is 10.0. The predicted octanol–water partition coefficient (Wildman–Crippen LogP) is 3.57. The number of benzene rings is 2. The van der Waals surface area contributed by atoms with Crippen LogP contribution in [0.2, 0.25) is 0 Å². The lowest BCUT2D eigenvalue weighted by Gasteiger charge is -2.12. The minimum atomic E-state index is 0.612. The zero-order valence-corrected chi connectivity index (χ0v) is 11.4. The van der Waals surface area contributed by atoms with E-state index in [1.165, 1.54) is 0 Å². The summed E-state index contributed by atoms with van der Waals surface area (Å²) in [5, 5.41) is 0. The molecule has 0 aliphatic carbocycles. The summed E-state index contributed by atoms with van der Waals surface area (Å²) in [6.45, 7) is 2.57. The number of methoxy groups -OCH3 is 2. The average molecular weight is 257 g/mol. The molecule has 99 valence electrons. The van der Waals surface area contributed by atoms with Gasteiger partial charge in [-0.2, -0.15) is 0 Å². The van der Waals surface area contributed by atoms with Crippen LogP contribution in [0.5, 0.6) is 17.2 Å². The lowest BCUT2D eigenvalue weighted by Crippen LogP contribution is -1.95. The van der Waals surface area contributed by atoms with Crippen molar-refractivity contribution in [1.29, 1.82) is 0 Å². The second kappa shape index (κ2) is 6.14. The molecule has 0 heterocycles. The summed E-state index contributed by atoms with van der Waals surface area (Å²) < 4.78 is 16.2. The maximum absolute atomic E-state index is 5.59. The fraction of sp³-hybridized carbons (Fsp3) is 0.250. The summed E-state index contributed by atoms with van der Waals surface area (Å²) in [6.07, 6.45) is 0. The van der Waals surface area contributed by atoms with Crippen LogP contribution in [0.3, 0.4) is 0 Å². The first-order chi connectivity index (χ1) is 9.30. The Hall–Kier alpha value is -2.16. The van der Waals surface area contributed by atoms with Gasteiger partial charge in [-0.15, -0.1) is 0 Å². The standard InChI is InChI=1S/C16H17O3/c1-4-19-14-8-6-5-7-13(14)12-9-10-15(17-2)16(11-12)18-3/h5-7,9-11H,4H2,1-3H3. The second-order valence-corrected chi connectivity index (χ2v) is 3.92. The van der Waals surface area contributed by atoms with Crippen molar-refractivity contribution in [3.05, 3.63) is 42.5 Å². The van der Waals surface area contributed by atoms with Crippen LogP contribution >= 0.6 is 0 Å². The summed E-state index contributed by atoms with van der Waals surface area (Å²) in [7, 11) is 3.25. The van der Waals surface area contributed by atoms with Crippen LogP contribution in [-0.4, -0.2) is 20.8 Å². The van der Waals surface area contributed by atoms with Gasteiger partial charge in [0, 0.05) is 11.6 Å². The molecule has 2 aromatic carbocycles. The molecule has 2 rings (SSSR count). The van der Waals surface area contributed by atoms with E-state index in [9.17, 15) is 0 Å². The van der Waals surface area contributed by atoms with Crippen LogP contribution < -0.4 is 14.2 Å². The number of para-hydroxylation sites is 1. The molecule has 0 spiro atoms. The van der Waals surface area contributed by atoms with E-state index in [0.717, 1.165) is 16.9 Å². The zero-order valence-electron chi connectivity index (χ0n) is 11.4. The first-order valence-electron chi connectivity index (χ1n) is 6.16. The van der Waals surface area contributed by atoms with E-state index in [2.05, 4.69) is 6.07 Å². The van der Waals surface area contributed by atoms with Gasteiger partial charge in [-0.3, -0.25) is 0 Å². The third kappa shape index (κ3) is 2.81. The molecule has 3 heteroatoms. The van der Waals surface area contributed by atoms with Gasteiger partial charge < -0.3 is 14.2 Å². The Morgan fingerprint density at radius 3 is 2.53 bits per heavy atom. The molecule has 0 amide bonds. The molecule has 0 N–H and O–H groups in total. The largest absolute Gasteiger partial charge is 0.493 e. The van der Waals surface area contributed by atoms with E-state index < -0.39 is 0 Å². The topological polar surface area (TPSA) is 27.7 Å². The molecule has 0 bridgehead atoms. The molecule has 0 fully saturated rings. The number of hydrogen-bond donors (Lipinski definition) is 0. The van der Waals surface area contributed by atoms with Crippen molar-refractivity contribution in [2.45, 2.75) is 6.92 Å². The first-order valence-corrected chi connectivity index (χ1v) is 6.16. The normalized spacial score (nSPS) is 10.1. The molecule has 1 radical (unpaired) electrons. The van der Waals surface area contributed by atoms with Crippen molar-refractivity contribution in [1.82, 2.24) is 0 Å². The van der Waals surface area contributed by atoms with Crippen LogP contribution in [0.4, 0.5) is 0 Å². The SMILES string of the molecule is CCOc1[c]cccc1-c1ccc(OC)c(OC)c1. The molecule has 0 aliphatic heterocycles. The Bertz CT molecular complexity index is 549. The fourth-order valence-corrected chi connectivity index (χ4v) is 1.92. The Balaban J connectivity index is 2.47. The summed E-state index contributed by atoms with van der Waals surface area (Å²) in [5.74, 6) is 2.16. The molecule has 0 saturated carbocycles. The Labute approximate surface area is 113 Å². The fourth-order valence-electron chi connectivity index (χ4n) is 1.92. The minimum Gasteiger partial charge on any atom is -0.493 e. The molecular weight excluding hydrogens is 240 g/mol. The molecule has 0 saturated heterocycles. The first kappa shape index (κ1) is 13.3. The van der Waals surface area contributed by atoms with Gasteiger partial charge in [-0.05, 0) is 24.6 Å². The van der Waals surface area contributed by atoms with Crippen molar-refractivity contribution in [2.75, 3.05) is 20.8 Å². The van der Waals surface area contributed by atoms with Crippen LogP contribution in [0, 0.1) is 6.07 Å². The molecule has 19 heavy (non-hydrogen) atoms. The van der Waals surface area contributed by atoms with Crippen LogP contribution in [0.15, 0.2) is 36.4 Å². The van der Waals surface area contributed by atoms with E-state index in [1.807, 2.05) is 43.3 Å². The Morgan fingerprint density at radius 1 is 1.05 bits per heavy atom. The highest BCUT2D eigenvalue weighted by atomic mass is 16.5. The van der Waals surface area contributed by atoms with Gasteiger partial charge in [0.25, 0.3) is 0 Å². The molecule has 2 aromatic rings. The van der Waals surface area contributed by atoms with Crippen molar-refractivity contribution in [3.8, 4) is 28.4 Å². The lowest BCUT2D eigenvalue weighted by molar-refractivity contribution is 0.340. The van der Waals surface area contributed by atoms with E-state index in [-0.39, 0.29) is 0 Å². The van der Waals surface area contributed by atoms with Crippen LogP contribution in [-0.2, 0) is 0 Å². The van der Waals surface area contributed by atoms with Crippen molar-refractivity contribution in [3.63, 3.8) is 0 Å². The van der Waals surface area contributed by atoms with Crippen molar-refractivity contribution >= 4 is 0 Å². The maximum Gasteiger partial charge on any atom is 0.161 e. The third-order valence-electron chi connectivity index (χ3n) is 2.80. The van der Waals surface area contributed by atoms with Gasteiger partial charge in [0.15, 0.2) is 11.5 Å². The highest BCUT2D eigenvalue weighted by molar-refractivity contribution is 5.72. The maximum atomic E-state index is 5.59. The van der Waals surface area contributed by atoms with Gasteiger partial charge in [-0.25, -0.2) is 0 Å². The molecule has 0 unspecified atom stereocenters. The van der Waals surface area contributed by atoms with Gasteiger partial charge in [0.1, 0.15) is 5.75 Å². The molecule has 0 aromatic heterocycles. The molecule has 3 nitrogen and oxygen atoms in total. The van der Waals surface area contributed by atoms with Crippen molar-refractivity contribution in [2.24, 2.45) is 0 Å². The second-order valence-electron chi connectivity index (χ2n) is 3.92. The summed E-state index contributed by atoms with van der Waals surface area (Å²) in [4.78, 5) is 0. The zero-order chi connectivity index (χ0) is 13.7. The van der Waals surface area contributed by atoms with Crippen molar-refractivity contribution < 1.29 is 14.2 Å². The van der Waals surface area contributed by atoms with Gasteiger partial charge in [0.05, 0.1) is 20.8 Å². The number of ether oxygens (including phenoxy) is 3. The van der Waals surface area contributed by atoms with Gasteiger partial charge in [0.2, 0.25) is 0 Å². The van der Waals surface area contributed by atoms with Gasteiger partial charge >= 0.3 is 0 Å².